The second kappa shape index (κ2) is 3.13. The Kier molecular flexibility index (Phi) is 1.77. The van der Waals surface area contributed by atoms with Crippen LogP contribution in [-0.2, 0) is 0 Å². The van der Waals surface area contributed by atoms with Crippen molar-refractivity contribution < 1.29 is 4.42 Å². The van der Waals surface area contributed by atoms with E-state index in [1.54, 1.807) is 12.5 Å². The molecule has 3 aromatic rings. The largest absolute Gasteiger partial charge is 0.472 e. The highest BCUT2D eigenvalue weighted by Gasteiger charge is 2.07. The Balaban J connectivity index is 2.27. The van der Waals surface area contributed by atoms with Gasteiger partial charge in [-0.1, -0.05) is 0 Å². The van der Waals surface area contributed by atoms with Crippen LogP contribution in [0.15, 0.2) is 41.5 Å². The Morgan fingerprint density at radius 1 is 1.38 bits per heavy atom. The van der Waals surface area contributed by atoms with E-state index in [1.165, 1.54) is 0 Å². The van der Waals surface area contributed by atoms with Gasteiger partial charge in [0.15, 0.2) is 0 Å². The summed E-state index contributed by atoms with van der Waals surface area (Å²) in [4.78, 5) is 4.54. The monoisotopic (exact) mass is 213 g/mol. The summed E-state index contributed by atoms with van der Waals surface area (Å²) in [5, 5.41) is 0. The average Bonchev–Trinajstić information content (AvgIpc) is 2.82. The van der Waals surface area contributed by atoms with Crippen molar-refractivity contribution in [1.29, 1.82) is 0 Å². The fourth-order valence-corrected chi connectivity index (χ4v) is 1.85. The van der Waals surface area contributed by atoms with Crippen molar-refractivity contribution in [1.82, 2.24) is 9.38 Å². The third kappa shape index (κ3) is 1.27. The van der Waals surface area contributed by atoms with Gasteiger partial charge in [-0.05, 0) is 24.6 Å². The van der Waals surface area contributed by atoms with Gasteiger partial charge >= 0.3 is 0 Å². The molecule has 0 bridgehead atoms. The number of anilines is 1. The molecule has 0 amide bonds. The second-order valence-electron chi connectivity index (χ2n) is 3.83. The van der Waals surface area contributed by atoms with E-state index >= 15 is 0 Å². The van der Waals surface area contributed by atoms with E-state index in [-0.39, 0.29) is 0 Å². The molecule has 2 N–H and O–H groups in total. The van der Waals surface area contributed by atoms with Crippen molar-refractivity contribution in [2.24, 2.45) is 0 Å². The van der Waals surface area contributed by atoms with E-state index in [2.05, 4.69) is 4.98 Å². The van der Waals surface area contributed by atoms with Crippen molar-refractivity contribution in [3.8, 4) is 11.3 Å². The highest BCUT2D eigenvalue weighted by Crippen LogP contribution is 2.22. The molecule has 0 radical (unpaired) electrons. The Morgan fingerprint density at radius 2 is 2.25 bits per heavy atom. The minimum Gasteiger partial charge on any atom is -0.472 e. The molecule has 4 heteroatoms. The minimum atomic E-state index is 0.737. The van der Waals surface area contributed by atoms with Gasteiger partial charge in [-0.15, -0.1) is 0 Å². The van der Waals surface area contributed by atoms with Crippen LogP contribution in [0, 0.1) is 6.92 Å². The number of rotatable bonds is 1. The maximum Gasteiger partial charge on any atom is 0.140 e. The molecule has 0 spiro atoms. The third-order valence-corrected chi connectivity index (χ3v) is 2.57. The van der Waals surface area contributed by atoms with Crippen LogP contribution in [0.4, 0.5) is 5.69 Å². The van der Waals surface area contributed by atoms with Gasteiger partial charge in [-0.2, -0.15) is 0 Å². The lowest BCUT2D eigenvalue weighted by Crippen LogP contribution is -1.92. The molecule has 0 aliphatic carbocycles. The standard InChI is InChI=1S/C12H11N3O/c1-8-4-10(13)5-15-6-11(14-12(8)15)9-2-3-16-7-9/h2-7H,13H2,1H3. The predicted octanol–water partition coefficient (Wildman–Crippen LogP) is 2.48. The third-order valence-electron chi connectivity index (χ3n) is 2.57. The summed E-state index contributed by atoms with van der Waals surface area (Å²) in [5.74, 6) is 0. The smallest absolute Gasteiger partial charge is 0.140 e. The first-order valence-electron chi connectivity index (χ1n) is 5.01. The number of hydrogen-bond donors (Lipinski definition) is 1. The summed E-state index contributed by atoms with van der Waals surface area (Å²) in [5.41, 5.74) is 10.4. The van der Waals surface area contributed by atoms with Gasteiger partial charge in [0, 0.05) is 23.6 Å². The molecule has 0 aliphatic heterocycles. The number of nitrogens with zero attached hydrogens (tertiary/aromatic N) is 2. The fraction of sp³-hybridized carbons (Fsp3) is 0.0833. The number of aryl methyl sites for hydroxylation is 1. The summed E-state index contributed by atoms with van der Waals surface area (Å²) in [6.45, 7) is 2.00. The van der Waals surface area contributed by atoms with Crippen LogP contribution in [0.3, 0.4) is 0 Å². The summed E-state index contributed by atoms with van der Waals surface area (Å²) in [6, 6.07) is 3.81. The molecule has 0 saturated carbocycles. The van der Waals surface area contributed by atoms with Crippen molar-refractivity contribution in [3.63, 3.8) is 0 Å². The SMILES string of the molecule is Cc1cc(N)cn2cc(-c3ccoc3)nc12. The van der Waals surface area contributed by atoms with Gasteiger partial charge in [0.05, 0.1) is 18.2 Å². The van der Waals surface area contributed by atoms with Crippen LogP contribution < -0.4 is 5.73 Å². The van der Waals surface area contributed by atoms with Crippen LogP contribution >= 0.6 is 0 Å². The van der Waals surface area contributed by atoms with Gasteiger partial charge in [-0.3, -0.25) is 0 Å². The molecular weight excluding hydrogens is 202 g/mol. The molecule has 0 unspecified atom stereocenters. The molecule has 0 aromatic carbocycles. The van der Waals surface area contributed by atoms with Crippen molar-refractivity contribution in [3.05, 3.63) is 42.6 Å². The van der Waals surface area contributed by atoms with Crippen molar-refractivity contribution in [2.75, 3.05) is 5.73 Å². The zero-order valence-electron chi connectivity index (χ0n) is 8.84. The van der Waals surface area contributed by atoms with E-state index in [0.29, 0.717) is 0 Å². The van der Waals surface area contributed by atoms with Gasteiger partial charge in [-0.25, -0.2) is 4.98 Å². The van der Waals surface area contributed by atoms with Gasteiger partial charge < -0.3 is 14.6 Å². The first-order valence-corrected chi connectivity index (χ1v) is 5.01. The number of furan rings is 1. The minimum absolute atomic E-state index is 0.737. The first-order chi connectivity index (χ1) is 7.74. The molecule has 0 atom stereocenters. The Morgan fingerprint density at radius 3 is 3.00 bits per heavy atom. The average molecular weight is 213 g/mol. The number of aromatic nitrogens is 2. The second-order valence-corrected chi connectivity index (χ2v) is 3.83. The Hall–Kier alpha value is -2.23. The lowest BCUT2D eigenvalue weighted by Gasteiger charge is -1.98. The van der Waals surface area contributed by atoms with Crippen LogP contribution in [0.1, 0.15) is 5.56 Å². The Bertz CT molecular complexity index is 638. The van der Waals surface area contributed by atoms with E-state index in [0.717, 1.165) is 28.2 Å². The van der Waals surface area contributed by atoms with Gasteiger partial charge in [0.25, 0.3) is 0 Å². The van der Waals surface area contributed by atoms with Crippen LogP contribution in [-0.4, -0.2) is 9.38 Å². The summed E-state index contributed by atoms with van der Waals surface area (Å²) in [7, 11) is 0. The Labute approximate surface area is 92.3 Å². The molecule has 80 valence electrons. The number of nitrogen functional groups attached to an aromatic ring is 1. The number of hydrogen-bond acceptors (Lipinski definition) is 3. The molecule has 4 nitrogen and oxygen atoms in total. The quantitative estimate of drug-likeness (QED) is 0.675. The lowest BCUT2D eigenvalue weighted by molar-refractivity contribution is 0.568. The summed E-state index contributed by atoms with van der Waals surface area (Å²) >= 11 is 0. The van der Waals surface area contributed by atoms with Gasteiger partial charge in [0.2, 0.25) is 0 Å². The summed E-state index contributed by atoms with van der Waals surface area (Å²) < 4.78 is 6.98. The molecule has 0 aliphatic rings. The highest BCUT2D eigenvalue weighted by molar-refractivity contribution is 5.64. The van der Waals surface area contributed by atoms with Gasteiger partial charge in [0.1, 0.15) is 5.65 Å². The molecule has 0 saturated heterocycles. The zero-order chi connectivity index (χ0) is 11.1. The van der Waals surface area contributed by atoms with E-state index in [4.69, 9.17) is 10.2 Å². The van der Waals surface area contributed by atoms with E-state index in [1.807, 2.05) is 35.9 Å². The fourth-order valence-electron chi connectivity index (χ4n) is 1.85. The lowest BCUT2D eigenvalue weighted by atomic mass is 10.3. The molecule has 0 fully saturated rings. The predicted molar refractivity (Wildman–Crippen MR) is 62.0 cm³/mol. The number of nitrogens with two attached hydrogens (primary N) is 1. The number of fused-ring (bicyclic) bond motifs is 1. The molecular formula is C12H11N3O. The molecule has 3 heterocycles. The van der Waals surface area contributed by atoms with Crippen LogP contribution in [0.25, 0.3) is 16.9 Å². The maximum absolute atomic E-state index is 5.79. The topological polar surface area (TPSA) is 56.5 Å². The molecule has 3 aromatic heterocycles. The van der Waals surface area contributed by atoms with E-state index < -0.39 is 0 Å². The number of pyridine rings is 1. The summed E-state index contributed by atoms with van der Waals surface area (Å²) in [6.07, 6.45) is 7.13. The molecule has 16 heavy (non-hydrogen) atoms. The van der Waals surface area contributed by atoms with E-state index in [9.17, 15) is 0 Å². The van der Waals surface area contributed by atoms with Crippen molar-refractivity contribution >= 4 is 11.3 Å². The number of imidazole rings is 1. The molecule has 3 rings (SSSR count). The maximum atomic E-state index is 5.79. The first kappa shape index (κ1) is 9.03. The van der Waals surface area contributed by atoms with Crippen LogP contribution in [0.2, 0.25) is 0 Å². The van der Waals surface area contributed by atoms with Crippen molar-refractivity contribution in [2.45, 2.75) is 6.92 Å². The zero-order valence-corrected chi connectivity index (χ0v) is 8.84. The highest BCUT2D eigenvalue weighted by atomic mass is 16.3. The normalized spacial score (nSPS) is 11.1. The van der Waals surface area contributed by atoms with Crippen LogP contribution in [0.5, 0.6) is 0 Å².